The zero-order valence-corrected chi connectivity index (χ0v) is 15.6. The quantitative estimate of drug-likeness (QED) is 0.747. The van der Waals surface area contributed by atoms with Crippen LogP contribution in [0.5, 0.6) is 5.75 Å². The van der Waals surface area contributed by atoms with Gasteiger partial charge in [0.05, 0.1) is 19.2 Å². The van der Waals surface area contributed by atoms with E-state index in [0.29, 0.717) is 11.2 Å². The molecule has 0 saturated carbocycles. The lowest BCUT2D eigenvalue weighted by molar-refractivity contribution is 0.120. The molecule has 0 atom stereocenters. The summed E-state index contributed by atoms with van der Waals surface area (Å²) in [4.78, 5) is 24.4. The summed E-state index contributed by atoms with van der Waals surface area (Å²) < 4.78 is 5.92. The van der Waals surface area contributed by atoms with E-state index in [1.807, 2.05) is 23.6 Å². The standard InChI is InChI=1S/C19H22N4O2S/c1-25-15-4-2-14(3-5-15)12-22-7-9-23(10-8-22)13-17-20-16-6-11-26-18(16)19(24)21-17/h2-6,11H,7-10,12-13H2,1H3,(H,20,21,24). The molecule has 1 aromatic carbocycles. The minimum absolute atomic E-state index is 0.0295. The topological polar surface area (TPSA) is 61.5 Å². The van der Waals surface area contributed by atoms with Crippen LogP contribution in [0.2, 0.25) is 0 Å². The lowest BCUT2D eigenvalue weighted by Crippen LogP contribution is -2.45. The third-order valence-electron chi connectivity index (χ3n) is 4.77. The van der Waals surface area contributed by atoms with Crippen LogP contribution in [0.25, 0.3) is 10.2 Å². The first-order valence-corrected chi connectivity index (χ1v) is 9.63. The number of nitrogens with zero attached hydrogens (tertiary/aromatic N) is 3. The Hall–Kier alpha value is -2.22. The van der Waals surface area contributed by atoms with Crippen molar-refractivity contribution in [1.82, 2.24) is 19.8 Å². The molecule has 0 bridgehead atoms. The summed E-state index contributed by atoms with van der Waals surface area (Å²) in [7, 11) is 1.69. The monoisotopic (exact) mass is 370 g/mol. The number of benzene rings is 1. The predicted molar refractivity (Wildman–Crippen MR) is 104 cm³/mol. The van der Waals surface area contributed by atoms with Crippen LogP contribution >= 0.6 is 11.3 Å². The molecule has 136 valence electrons. The highest BCUT2D eigenvalue weighted by atomic mass is 32.1. The summed E-state index contributed by atoms with van der Waals surface area (Å²) in [6.45, 7) is 5.61. The van der Waals surface area contributed by atoms with Crippen molar-refractivity contribution in [2.45, 2.75) is 13.1 Å². The van der Waals surface area contributed by atoms with Crippen LogP contribution in [0, 0.1) is 0 Å². The number of ether oxygens (including phenoxy) is 1. The van der Waals surface area contributed by atoms with E-state index in [1.165, 1.54) is 16.9 Å². The number of piperazine rings is 1. The van der Waals surface area contributed by atoms with Crippen LogP contribution in [0.15, 0.2) is 40.5 Å². The van der Waals surface area contributed by atoms with Crippen molar-refractivity contribution >= 4 is 21.6 Å². The van der Waals surface area contributed by atoms with Gasteiger partial charge < -0.3 is 9.72 Å². The van der Waals surface area contributed by atoms with E-state index in [0.717, 1.165) is 49.8 Å². The molecule has 4 rings (SSSR count). The maximum Gasteiger partial charge on any atom is 0.268 e. The molecule has 1 saturated heterocycles. The van der Waals surface area contributed by atoms with Gasteiger partial charge in [0.25, 0.3) is 5.56 Å². The SMILES string of the molecule is COc1ccc(CN2CCN(Cc3nc4ccsc4c(=O)[nH]3)CC2)cc1. The van der Waals surface area contributed by atoms with Gasteiger partial charge in [-0.3, -0.25) is 14.6 Å². The first-order valence-electron chi connectivity index (χ1n) is 8.75. The van der Waals surface area contributed by atoms with E-state index < -0.39 is 0 Å². The van der Waals surface area contributed by atoms with Gasteiger partial charge in [0.1, 0.15) is 16.3 Å². The molecule has 1 N–H and O–H groups in total. The van der Waals surface area contributed by atoms with E-state index in [2.05, 4.69) is 31.9 Å². The van der Waals surface area contributed by atoms with Gasteiger partial charge in [-0.05, 0) is 29.1 Å². The summed E-state index contributed by atoms with van der Waals surface area (Å²) >= 11 is 1.44. The molecule has 1 aliphatic heterocycles. The fourth-order valence-electron chi connectivity index (χ4n) is 3.30. The number of methoxy groups -OCH3 is 1. The van der Waals surface area contributed by atoms with E-state index >= 15 is 0 Å². The number of rotatable bonds is 5. The van der Waals surface area contributed by atoms with Gasteiger partial charge in [-0.15, -0.1) is 11.3 Å². The molecule has 0 aliphatic carbocycles. The molecule has 0 amide bonds. The zero-order chi connectivity index (χ0) is 17.9. The molecular weight excluding hydrogens is 348 g/mol. The second-order valence-electron chi connectivity index (χ2n) is 6.55. The van der Waals surface area contributed by atoms with Gasteiger partial charge in [0.15, 0.2) is 0 Å². The Balaban J connectivity index is 1.33. The normalized spacial score (nSPS) is 16.2. The summed E-state index contributed by atoms with van der Waals surface area (Å²) in [6, 6.07) is 10.2. The molecule has 0 spiro atoms. The second-order valence-corrected chi connectivity index (χ2v) is 7.46. The molecule has 26 heavy (non-hydrogen) atoms. The predicted octanol–water partition coefficient (Wildman–Crippen LogP) is 2.31. The van der Waals surface area contributed by atoms with E-state index in [9.17, 15) is 4.79 Å². The number of aromatic amines is 1. The molecule has 7 heteroatoms. The number of fused-ring (bicyclic) bond motifs is 1. The maximum atomic E-state index is 12.1. The summed E-state index contributed by atoms with van der Waals surface area (Å²) in [6.07, 6.45) is 0. The first-order chi connectivity index (χ1) is 12.7. The Kier molecular flexibility index (Phi) is 5.01. The largest absolute Gasteiger partial charge is 0.497 e. The third-order valence-corrected chi connectivity index (χ3v) is 5.67. The van der Waals surface area contributed by atoms with Crippen LogP contribution < -0.4 is 10.3 Å². The fourth-order valence-corrected chi connectivity index (χ4v) is 4.03. The molecule has 1 aliphatic rings. The average molecular weight is 370 g/mol. The number of thiophene rings is 1. The lowest BCUT2D eigenvalue weighted by Gasteiger charge is -2.34. The highest BCUT2D eigenvalue weighted by Crippen LogP contribution is 2.16. The molecule has 1 fully saturated rings. The van der Waals surface area contributed by atoms with Crippen LogP contribution in [0.4, 0.5) is 0 Å². The van der Waals surface area contributed by atoms with Gasteiger partial charge in [0.2, 0.25) is 0 Å². The Labute approximate surface area is 156 Å². The van der Waals surface area contributed by atoms with Crippen molar-refractivity contribution in [3.63, 3.8) is 0 Å². The van der Waals surface area contributed by atoms with Crippen molar-refractivity contribution in [2.24, 2.45) is 0 Å². The number of hydrogen-bond acceptors (Lipinski definition) is 6. The van der Waals surface area contributed by atoms with Crippen molar-refractivity contribution in [2.75, 3.05) is 33.3 Å². The van der Waals surface area contributed by atoms with Gasteiger partial charge in [-0.25, -0.2) is 4.98 Å². The number of H-pyrrole nitrogens is 1. The number of nitrogens with one attached hydrogen (secondary N) is 1. The minimum atomic E-state index is -0.0295. The molecular formula is C19H22N4O2S. The number of aromatic nitrogens is 2. The van der Waals surface area contributed by atoms with E-state index in [-0.39, 0.29) is 5.56 Å². The molecule has 6 nitrogen and oxygen atoms in total. The van der Waals surface area contributed by atoms with E-state index in [1.54, 1.807) is 7.11 Å². The smallest absolute Gasteiger partial charge is 0.268 e. The summed E-state index contributed by atoms with van der Waals surface area (Å²) in [5.74, 6) is 1.65. The van der Waals surface area contributed by atoms with Crippen LogP contribution in [-0.2, 0) is 13.1 Å². The van der Waals surface area contributed by atoms with Gasteiger partial charge in [0, 0.05) is 32.7 Å². The van der Waals surface area contributed by atoms with Crippen molar-refractivity contribution in [3.8, 4) is 5.75 Å². The second kappa shape index (κ2) is 7.57. The molecule has 2 aromatic heterocycles. The van der Waals surface area contributed by atoms with Crippen LogP contribution in [0.1, 0.15) is 11.4 Å². The van der Waals surface area contributed by atoms with Gasteiger partial charge in [-0.1, -0.05) is 12.1 Å². The highest BCUT2D eigenvalue weighted by molar-refractivity contribution is 7.17. The van der Waals surface area contributed by atoms with Crippen LogP contribution in [-0.4, -0.2) is 53.1 Å². The molecule has 0 radical (unpaired) electrons. The average Bonchev–Trinajstić information content (AvgIpc) is 3.13. The Morgan fingerprint density at radius 1 is 1.08 bits per heavy atom. The Morgan fingerprint density at radius 2 is 1.77 bits per heavy atom. The molecule has 3 aromatic rings. The van der Waals surface area contributed by atoms with Crippen molar-refractivity contribution in [3.05, 3.63) is 57.5 Å². The first kappa shape index (κ1) is 17.2. The minimum Gasteiger partial charge on any atom is -0.497 e. The van der Waals surface area contributed by atoms with Gasteiger partial charge >= 0.3 is 0 Å². The van der Waals surface area contributed by atoms with E-state index in [4.69, 9.17) is 4.74 Å². The molecule has 3 heterocycles. The van der Waals surface area contributed by atoms with Crippen molar-refractivity contribution in [1.29, 1.82) is 0 Å². The third kappa shape index (κ3) is 3.80. The van der Waals surface area contributed by atoms with Crippen LogP contribution in [0.3, 0.4) is 0 Å². The van der Waals surface area contributed by atoms with Crippen molar-refractivity contribution < 1.29 is 4.74 Å². The van der Waals surface area contributed by atoms with Gasteiger partial charge in [-0.2, -0.15) is 0 Å². The lowest BCUT2D eigenvalue weighted by atomic mass is 10.2. The number of hydrogen-bond donors (Lipinski definition) is 1. The maximum absolute atomic E-state index is 12.1. The summed E-state index contributed by atoms with van der Waals surface area (Å²) in [5, 5.41) is 1.91. The highest BCUT2D eigenvalue weighted by Gasteiger charge is 2.18. The Morgan fingerprint density at radius 3 is 2.46 bits per heavy atom. The summed E-state index contributed by atoms with van der Waals surface area (Å²) in [5.41, 5.74) is 2.07. The fraction of sp³-hybridized carbons (Fsp3) is 0.368. The Bertz CT molecular complexity index is 927. The molecule has 0 unspecified atom stereocenters. The zero-order valence-electron chi connectivity index (χ0n) is 14.8.